The lowest BCUT2D eigenvalue weighted by atomic mass is 9.98. The summed E-state index contributed by atoms with van der Waals surface area (Å²) in [4.78, 5) is 39.1. The SMILES string of the molecule is Cc1ccc2c(CC(=O)N3c4nc(C(=O)C[C@@H]5CC5(F)F)ccc4N4CCC[C@H]3C4)[nH]nc2n1. The first kappa shape index (κ1) is 21.1. The number of hydrogen-bond donors (Lipinski definition) is 1. The molecule has 1 saturated carbocycles. The van der Waals surface area contributed by atoms with Gasteiger partial charge < -0.3 is 4.90 Å². The van der Waals surface area contributed by atoms with E-state index in [-0.39, 0.29) is 36.9 Å². The average Bonchev–Trinajstić information content (AvgIpc) is 3.22. The number of fused-ring (bicyclic) bond motifs is 5. The minimum Gasteiger partial charge on any atom is -0.366 e. The van der Waals surface area contributed by atoms with Crippen LogP contribution < -0.4 is 9.80 Å². The molecule has 176 valence electrons. The van der Waals surface area contributed by atoms with E-state index in [1.165, 1.54) is 0 Å². The number of halogens is 2. The van der Waals surface area contributed by atoms with Crippen molar-refractivity contribution >= 4 is 34.2 Å². The van der Waals surface area contributed by atoms with E-state index in [1.54, 1.807) is 17.0 Å². The van der Waals surface area contributed by atoms with Gasteiger partial charge in [-0.1, -0.05) is 0 Å². The quantitative estimate of drug-likeness (QED) is 0.579. The van der Waals surface area contributed by atoms with Crippen molar-refractivity contribution in [3.05, 3.63) is 41.3 Å². The first-order valence-electron chi connectivity index (χ1n) is 11.6. The van der Waals surface area contributed by atoms with Gasteiger partial charge in [0.15, 0.2) is 17.2 Å². The van der Waals surface area contributed by atoms with Crippen molar-refractivity contribution in [2.75, 3.05) is 22.9 Å². The molecule has 5 heterocycles. The summed E-state index contributed by atoms with van der Waals surface area (Å²) in [6.45, 7) is 3.44. The summed E-state index contributed by atoms with van der Waals surface area (Å²) >= 11 is 0. The first-order valence-corrected chi connectivity index (χ1v) is 11.6. The fraction of sp³-hybridized carbons (Fsp3) is 0.458. The third-order valence-electron chi connectivity index (χ3n) is 7.09. The number of alkyl halides is 2. The van der Waals surface area contributed by atoms with Crippen LogP contribution in [0.4, 0.5) is 20.3 Å². The standard InChI is InChI=1S/C24H24F2N6O2/c1-13-4-5-16-18(29-30-22(16)27-13)10-21(34)32-15-3-2-8-31(12-15)19-7-6-17(28-23(19)32)20(33)9-14-11-24(14,25)26/h4-7,14-15H,2-3,8-12H2,1H3,(H,27,29,30)/t14-,15+/m1/s1. The summed E-state index contributed by atoms with van der Waals surface area (Å²) in [6.07, 6.45) is 1.39. The number of nitrogens with zero attached hydrogens (tertiary/aromatic N) is 5. The second kappa shape index (κ2) is 7.54. The van der Waals surface area contributed by atoms with Gasteiger partial charge in [0, 0.05) is 42.9 Å². The molecule has 1 aliphatic carbocycles. The molecule has 2 fully saturated rings. The molecule has 0 spiro atoms. The largest absolute Gasteiger partial charge is 0.366 e. The zero-order valence-electron chi connectivity index (χ0n) is 18.7. The Hall–Kier alpha value is -3.43. The van der Waals surface area contributed by atoms with Crippen LogP contribution in [0, 0.1) is 12.8 Å². The summed E-state index contributed by atoms with van der Waals surface area (Å²) in [7, 11) is 0. The zero-order valence-corrected chi connectivity index (χ0v) is 18.7. The van der Waals surface area contributed by atoms with Gasteiger partial charge in [-0.25, -0.2) is 18.7 Å². The fourth-order valence-electron chi connectivity index (χ4n) is 5.13. The number of hydrogen-bond acceptors (Lipinski definition) is 6. The van der Waals surface area contributed by atoms with Crippen LogP contribution in [-0.4, -0.2) is 56.9 Å². The fourth-order valence-corrected chi connectivity index (χ4v) is 5.13. The number of carbonyl (C=O) groups is 2. The second-order valence-electron chi connectivity index (χ2n) is 9.54. The number of piperidine rings is 1. The Bertz CT molecular complexity index is 1320. The number of anilines is 2. The zero-order chi connectivity index (χ0) is 23.6. The molecule has 2 bridgehead atoms. The third-order valence-corrected chi connectivity index (χ3v) is 7.09. The molecule has 34 heavy (non-hydrogen) atoms. The van der Waals surface area contributed by atoms with Crippen molar-refractivity contribution in [2.24, 2.45) is 5.92 Å². The van der Waals surface area contributed by atoms with Crippen LogP contribution in [0.3, 0.4) is 0 Å². The molecular formula is C24H24F2N6O2. The molecule has 1 saturated heterocycles. The lowest BCUT2D eigenvalue weighted by Gasteiger charge is -2.46. The van der Waals surface area contributed by atoms with Crippen molar-refractivity contribution in [3.8, 4) is 0 Å². The van der Waals surface area contributed by atoms with E-state index in [9.17, 15) is 18.4 Å². The molecule has 3 aliphatic rings. The lowest BCUT2D eigenvalue weighted by molar-refractivity contribution is -0.118. The molecule has 0 radical (unpaired) electrons. The number of Topliss-reactive ketones (excluding diaryl/α,β-unsaturated/α-hetero) is 1. The summed E-state index contributed by atoms with van der Waals surface area (Å²) in [5.74, 6) is -3.79. The molecule has 0 unspecified atom stereocenters. The molecule has 2 atom stereocenters. The van der Waals surface area contributed by atoms with Crippen LogP contribution in [0.15, 0.2) is 24.3 Å². The van der Waals surface area contributed by atoms with Gasteiger partial charge in [0.05, 0.1) is 23.8 Å². The van der Waals surface area contributed by atoms with Crippen molar-refractivity contribution in [1.29, 1.82) is 0 Å². The predicted octanol–water partition coefficient (Wildman–Crippen LogP) is 3.45. The molecule has 1 N–H and O–H groups in total. The van der Waals surface area contributed by atoms with E-state index in [0.717, 1.165) is 36.2 Å². The van der Waals surface area contributed by atoms with Crippen molar-refractivity contribution in [3.63, 3.8) is 0 Å². The van der Waals surface area contributed by atoms with Crippen molar-refractivity contribution in [2.45, 2.75) is 51.0 Å². The number of nitrogens with one attached hydrogen (secondary N) is 1. The van der Waals surface area contributed by atoms with E-state index in [0.29, 0.717) is 23.7 Å². The van der Waals surface area contributed by atoms with E-state index < -0.39 is 17.6 Å². The summed E-state index contributed by atoms with van der Waals surface area (Å²) in [6, 6.07) is 7.10. The van der Waals surface area contributed by atoms with Crippen molar-refractivity contribution in [1.82, 2.24) is 20.2 Å². The van der Waals surface area contributed by atoms with Gasteiger partial charge in [0.1, 0.15) is 5.69 Å². The maximum atomic E-state index is 13.6. The second-order valence-corrected chi connectivity index (χ2v) is 9.54. The van der Waals surface area contributed by atoms with Gasteiger partial charge >= 0.3 is 0 Å². The Morgan fingerprint density at radius 2 is 2.03 bits per heavy atom. The Morgan fingerprint density at radius 3 is 2.82 bits per heavy atom. The molecule has 10 heteroatoms. The molecule has 3 aromatic heterocycles. The number of aryl methyl sites for hydroxylation is 1. The molecule has 3 aromatic rings. The molecule has 6 rings (SSSR count). The van der Waals surface area contributed by atoms with Crippen LogP contribution in [-0.2, 0) is 11.2 Å². The Balaban J connectivity index is 1.32. The van der Waals surface area contributed by atoms with Gasteiger partial charge in [0.25, 0.3) is 5.92 Å². The number of aromatic nitrogens is 4. The minimum atomic E-state index is -2.76. The summed E-state index contributed by atoms with van der Waals surface area (Å²) in [5, 5.41) is 7.97. The molecular weight excluding hydrogens is 442 g/mol. The lowest BCUT2D eigenvalue weighted by Crippen LogP contribution is -2.55. The smallest absolute Gasteiger partial charge is 0.252 e. The van der Waals surface area contributed by atoms with Crippen LogP contribution in [0.25, 0.3) is 11.0 Å². The number of rotatable bonds is 5. The van der Waals surface area contributed by atoms with Gasteiger partial charge in [0.2, 0.25) is 5.91 Å². The Kier molecular flexibility index (Phi) is 4.69. The van der Waals surface area contributed by atoms with Crippen LogP contribution in [0.2, 0.25) is 0 Å². The van der Waals surface area contributed by atoms with Gasteiger partial charge in [-0.3, -0.25) is 19.6 Å². The number of amides is 1. The monoisotopic (exact) mass is 466 g/mol. The normalized spacial score (nSPS) is 22.6. The van der Waals surface area contributed by atoms with E-state index in [1.807, 2.05) is 19.1 Å². The van der Waals surface area contributed by atoms with Crippen LogP contribution >= 0.6 is 0 Å². The molecule has 8 nitrogen and oxygen atoms in total. The predicted molar refractivity (Wildman–Crippen MR) is 121 cm³/mol. The van der Waals surface area contributed by atoms with E-state index in [2.05, 4.69) is 25.1 Å². The maximum Gasteiger partial charge on any atom is 0.252 e. The van der Waals surface area contributed by atoms with Gasteiger partial charge in [-0.15, -0.1) is 0 Å². The summed E-state index contributed by atoms with van der Waals surface area (Å²) in [5.41, 5.74) is 3.01. The molecule has 0 aromatic carbocycles. The maximum absolute atomic E-state index is 13.6. The van der Waals surface area contributed by atoms with E-state index >= 15 is 0 Å². The Labute approximate surface area is 194 Å². The topological polar surface area (TPSA) is 95.1 Å². The minimum absolute atomic E-state index is 0.0612. The highest BCUT2D eigenvalue weighted by Gasteiger charge is 2.57. The highest BCUT2D eigenvalue weighted by molar-refractivity contribution is 6.01. The highest BCUT2D eigenvalue weighted by atomic mass is 19.3. The number of H-pyrrole nitrogens is 1. The number of carbonyl (C=O) groups excluding carboxylic acids is 2. The van der Waals surface area contributed by atoms with Gasteiger partial charge in [-0.05, 0) is 44.0 Å². The highest BCUT2D eigenvalue weighted by Crippen LogP contribution is 2.51. The third kappa shape index (κ3) is 3.52. The van der Waals surface area contributed by atoms with Crippen LogP contribution in [0.1, 0.15) is 47.6 Å². The number of aromatic amines is 1. The molecule has 2 aliphatic heterocycles. The van der Waals surface area contributed by atoms with Crippen LogP contribution in [0.5, 0.6) is 0 Å². The average molecular weight is 466 g/mol. The van der Waals surface area contributed by atoms with Crippen molar-refractivity contribution < 1.29 is 18.4 Å². The number of pyridine rings is 2. The summed E-state index contributed by atoms with van der Waals surface area (Å²) < 4.78 is 26.7. The Morgan fingerprint density at radius 1 is 1.21 bits per heavy atom. The molecule has 1 amide bonds. The number of ketones is 1. The first-order chi connectivity index (χ1) is 16.3. The van der Waals surface area contributed by atoms with E-state index in [4.69, 9.17) is 0 Å². The van der Waals surface area contributed by atoms with Gasteiger partial charge in [-0.2, -0.15) is 5.10 Å².